The van der Waals surface area contributed by atoms with Gasteiger partial charge in [-0.15, -0.1) is 0 Å². The van der Waals surface area contributed by atoms with Crippen molar-refractivity contribution in [2.24, 2.45) is 5.92 Å². The normalized spacial score (nSPS) is 16.2. The van der Waals surface area contributed by atoms with Crippen LogP contribution in [0, 0.1) is 5.92 Å². The van der Waals surface area contributed by atoms with Gasteiger partial charge in [-0.05, 0) is 35.8 Å². The molecule has 7 nitrogen and oxygen atoms in total. The predicted molar refractivity (Wildman–Crippen MR) is 119 cm³/mol. The molecular weight excluding hydrogens is 431 g/mol. The number of hydrogen-bond acceptors (Lipinski definition) is 4. The van der Waals surface area contributed by atoms with Crippen molar-refractivity contribution < 1.29 is 32.8 Å². The third kappa shape index (κ3) is 6.17. The van der Waals surface area contributed by atoms with E-state index >= 15 is 0 Å². The molecule has 31 heavy (non-hydrogen) atoms. The van der Waals surface area contributed by atoms with Gasteiger partial charge in [-0.25, -0.2) is 0 Å². The van der Waals surface area contributed by atoms with E-state index in [9.17, 15) is 32.8 Å². The van der Waals surface area contributed by atoms with Gasteiger partial charge in [0.2, 0.25) is 4.75 Å². The molecular formula is C22H27NaO7S. The molecule has 4 atom stereocenters. The summed E-state index contributed by atoms with van der Waals surface area (Å²) < 4.78 is 32.0. The first-order valence-corrected chi connectivity index (χ1v) is 11.0. The maximum absolute atomic E-state index is 12.4. The first-order chi connectivity index (χ1) is 14.0. The molecule has 9 heteroatoms. The Hall–Kier alpha value is -1.71. The summed E-state index contributed by atoms with van der Waals surface area (Å²) in [5.74, 6) is -6.39. The van der Waals surface area contributed by atoms with Crippen LogP contribution in [0.4, 0.5) is 0 Å². The molecule has 0 aliphatic heterocycles. The minimum absolute atomic E-state index is 0. The molecule has 0 heterocycles. The van der Waals surface area contributed by atoms with Crippen molar-refractivity contribution in [3.05, 3.63) is 71.8 Å². The molecule has 0 saturated heterocycles. The Morgan fingerprint density at radius 3 is 1.65 bits per heavy atom. The topological polar surface area (TPSA) is 129 Å². The van der Waals surface area contributed by atoms with Gasteiger partial charge in [0.15, 0.2) is 0 Å². The monoisotopic (exact) mass is 458 g/mol. The number of carbonyl (C=O) groups is 2. The Labute approximate surface area is 204 Å². The van der Waals surface area contributed by atoms with Gasteiger partial charge in [0.1, 0.15) is 0 Å². The number of carboxylic acids is 2. The predicted octanol–water partition coefficient (Wildman–Crippen LogP) is 3.14. The Kier molecular flexibility index (Phi) is 9.91. The summed E-state index contributed by atoms with van der Waals surface area (Å²) >= 11 is 0. The van der Waals surface area contributed by atoms with Gasteiger partial charge in [0.25, 0.3) is 10.1 Å². The van der Waals surface area contributed by atoms with E-state index in [1.165, 1.54) is 0 Å². The van der Waals surface area contributed by atoms with Gasteiger partial charge in [-0.2, -0.15) is 8.42 Å². The summed E-state index contributed by atoms with van der Waals surface area (Å²) in [6.07, 6.45) is -0.851. The fraction of sp³-hybridized carbons (Fsp3) is 0.364. The molecule has 0 aliphatic carbocycles. The number of benzene rings is 2. The van der Waals surface area contributed by atoms with Gasteiger partial charge >= 0.3 is 41.5 Å². The molecule has 0 bridgehead atoms. The van der Waals surface area contributed by atoms with E-state index in [4.69, 9.17) is 0 Å². The SMILES string of the molecule is CC(CC(C(=O)O)C(CC(C)c1ccccc1)(C(=O)O)S(=O)(=O)O)c1ccccc1.[NaH]. The van der Waals surface area contributed by atoms with E-state index in [-0.39, 0.29) is 36.0 Å². The molecule has 0 fully saturated rings. The second-order valence-corrected chi connectivity index (χ2v) is 9.30. The molecule has 0 radical (unpaired) electrons. The average molecular weight is 459 g/mol. The molecule has 0 aromatic heterocycles. The van der Waals surface area contributed by atoms with Gasteiger partial charge in [0.05, 0.1) is 5.92 Å². The molecule has 0 spiro atoms. The van der Waals surface area contributed by atoms with Crippen LogP contribution in [0.25, 0.3) is 0 Å². The fourth-order valence-electron chi connectivity index (χ4n) is 3.89. The summed E-state index contributed by atoms with van der Waals surface area (Å²) in [4.78, 5) is 24.4. The summed E-state index contributed by atoms with van der Waals surface area (Å²) in [5.41, 5.74) is 1.39. The first-order valence-electron chi connectivity index (χ1n) is 9.53. The van der Waals surface area contributed by atoms with Crippen LogP contribution in [-0.2, 0) is 19.7 Å². The van der Waals surface area contributed by atoms with E-state index in [2.05, 4.69) is 0 Å². The van der Waals surface area contributed by atoms with E-state index in [0.717, 1.165) is 5.56 Å². The van der Waals surface area contributed by atoms with Crippen LogP contribution in [0.15, 0.2) is 60.7 Å². The molecule has 0 amide bonds. The molecule has 3 N–H and O–H groups in total. The number of carboxylic acid groups (broad SMARTS) is 2. The summed E-state index contributed by atoms with van der Waals surface area (Å²) in [5, 5.41) is 19.8. The van der Waals surface area contributed by atoms with E-state index in [0.29, 0.717) is 5.56 Å². The molecule has 4 unspecified atom stereocenters. The van der Waals surface area contributed by atoms with Gasteiger partial charge in [-0.3, -0.25) is 14.1 Å². The second-order valence-electron chi connectivity index (χ2n) is 7.62. The van der Waals surface area contributed by atoms with E-state index in [1.54, 1.807) is 74.5 Å². The van der Waals surface area contributed by atoms with Crippen molar-refractivity contribution in [3.8, 4) is 0 Å². The van der Waals surface area contributed by atoms with Crippen LogP contribution in [0.2, 0.25) is 0 Å². The summed E-state index contributed by atoms with van der Waals surface area (Å²) in [6.45, 7) is 3.31. The molecule has 0 aliphatic rings. The van der Waals surface area contributed by atoms with Crippen molar-refractivity contribution in [2.75, 3.05) is 0 Å². The van der Waals surface area contributed by atoms with Crippen LogP contribution in [0.5, 0.6) is 0 Å². The van der Waals surface area contributed by atoms with E-state index in [1.807, 2.05) is 0 Å². The van der Waals surface area contributed by atoms with Gasteiger partial charge < -0.3 is 10.2 Å². The second kappa shape index (κ2) is 11.2. The van der Waals surface area contributed by atoms with Crippen LogP contribution in [0.1, 0.15) is 49.7 Å². The fourth-order valence-corrected chi connectivity index (χ4v) is 5.13. The zero-order chi connectivity index (χ0) is 22.5. The Morgan fingerprint density at radius 2 is 1.29 bits per heavy atom. The van der Waals surface area contributed by atoms with Crippen LogP contribution in [0.3, 0.4) is 0 Å². The van der Waals surface area contributed by atoms with Crippen LogP contribution in [-0.4, -0.2) is 69.4 Å². The molecule has 2 aromatic carbocycles. The first kappa shape index (κ1) is 27.3. The molecule has 2 aromatic rings. The van der Waals surface area contributed by atoms with E-state index < -0.39 is 51.0 Å². The average Bonchev–Trinajstić information content (AvgIpc) is 2.70. The maximum atomic E-state index is 12.4. The summed E-state index contributed by atoms with van der Waals surface area (Å²) in [6, 6.07) is 17.4. The quantitative estimate of drug-likeness (QED) is 0.368. The molecule has 2 rings (SSSR count). The minimum atomic E-state index is -5.28. The number of aliphatic carboxylic acids is 2. The van der Waals surface area contributed by atoms with Crippen molar-refractivity contribution >= 4 is 51.6 Å². The van der Waals surface area contributed by atoms with Crippen molar-refractivity contribution in [1.29, 1.82) is 0 Å². The zero-order valence-corrected chi connectivity index (χ0v) is 17.6. The summed E-state index contributed by atoms with van der Waals surface area (Å²) in [7, 11) is -5.28. The van der Waals surface area contributed by atoms with Crippen LogP contribution >= 0.6 is 0 Å². The Bertz CT molecular complexity index is 979. The van der Waals surface area contributed by atoms with Crippen molar-refractivity contribution in [2.45, 2.75) is 43.3 Å². The van der Waals surface area contributed by atoms with Crippen LogP contribution < -0.4 is 0 Å². The third-order valence-electron chi connectivity index (χ3n) is 5.62. The zero-order valence-electron chi connectivity index (χ0n) is 16.8. The van der Waals surface area contributed by atoms with Crippen molar-refractivity contribution in [3.63, 3.8) is 0 Å². The third-order valence-corrected chi connectivity index (χ3v) is 7.17. The molecule has 164 valence electrons. The Balaban J connectivity index is 0.00000480. The van der Waals surface area contributed by atoms with Gasteiger partial charge in [-0.1, -0.05) is 74.5 Å². The van der Waals surface area contributed by atoms with Gasteiger partial charge in [0, 0.05) is 0 Å². The Morgan fingerprint density at radius 1 is 0.871 bits per heavy atom. The number of rotatable bonds is 10. The molecule has 0 saturated carbocycles. The van der Waals surface area contributed by atoms with Crippen molar-refractivity contribution in [1.82, 2.24) is 0 Å². The standard InChI is InChI=1S/C22H26O7S.Na.H/c1-15(17-9-5-3-6-10-17)13-19(20(23)24)22(21(25)26,30(27,28)29)14-16(2)18-11-7-4-8-12-18;;/h3-12,15-16,19H,13-14H2,1-2H3,(H,23,24)(H,25,26)(H,27,28,29);;. The number of hydrogen-bond donors (Lipinski definition) is 3.